The molecule has 0 aromatic heterocycles. The van der Waals surface area contributed by atoms with Gasteiger partial charge in [-0.2, -0.15) is 5.01 Å². The van der Waals surface area contributed by atoms with E-state index in [0.29, 0.717) is 18.0 Å². The number of hydrogen-bond donors (Lipinski definition) is 3. The fourth-order valence-corrected chi connectivity index (χ4v) is 2.94. The summed E-state index contributed by atoms with van der Waals surface area (Å²) < 4.78 is 15.3. The van der Waals surface area contributed by atoms with E-state index >= 15 is 0 Å². The Bertz CT molecular complexity index is 430. The van der Waals surface area contributed by atoms with Crippen LogP contribution in [0.4, 0.5) is 4.79 Å². The van der Waals surface area contributed by atoms with Crippen LogP contribution >= 0.6 is 11.6 Å². The first-order valence-corrected chi connectivity index (χ1v) is 8.61. The summed E-state index contributed by atoms with van der Waals surface area (Å²) in [5, 5.41) is 33.7. The minimum absolute atomic E-state index is 0.0256. The van der Waals surface area contributed by atoms with Crippen molar-refractivity contribution in [3.8, 4) is 0 Å². The number of carbonyl (C=O) groups excluding carboxylic acids is 1. The van der Waals surface area contributed by atoms with E-state index in [9.17, 15) is 25.0 Å². The molecule has 0 spiro atoms. The topological polar surface area (TPSA) is 141 Å². The zero-order valence-electron chi connectivity index (χ0n) is 14.7. The number of urea groups is 1. The molecule has 0 aliphatic carbocycles. The molecule has 1 saturated heterocycles. The quantitative estimate of drug-likeness (QED) is 0.186. The molecule has 3 N–H and O–H groups in total. The van der Waals surface area contributed by atoms with Crippen molar-refractivity contribution in [1.82, 2.24) is 9.91 Å². The maximum absolute atomic E-state index is 12.7. The maximum Gasteiger partial charge on any atom is 0.343 e. The summed E-state index contributed by atoms with van der Waals surface area (Å²) in [7, 11) is 2.76. The minimum atomic E-state index is -1.42. The highest BCUT2D eigenvalue weighted by molar-refractivity contribution is 6.18. The predicted molar refractivity (Wildman–Crippen MR) is 90.4 cm³/mol. The molecule has 0 bridgehead atoms. The lowest BCUT2D eigenvalue weighted by Crippen LogP contribution is -2.67. The number of alkyl halides is 1. The number of hydrogen-bond acceptors (Lipinski definition) is 9. The van der Waals surface area contributed by atoms with Crippen molar-refractivity contribution in [3.63, 3.8) is 0 Å². The second-order valence-electron chi connectivity index (χ2n) is 5.65. The molecule has 1 fully saturated rings. The Morgan fingerprint density at radius 1 is 1.27 bits per heavy atom. The molecular weight excluding hydrogens is 374 g/mol. The third kappa shape index (κ3) is 5.46. The molecule has 0 aromatic rings. The van der Waals surface area contributed by atoms with Crippen LogP contribution in [0.3, 0.4) is 0 Å². The zero-order valence-corrected chi connectivity index (χ0v) is 15.5. The molecule has 5 atom stereocenters. The summed E-state index contributed by atoms with van der Waals surface area (Å²) in [5.41, 5.74) is 0. The first-order valence-electron chi connectivity index (χ1n) is 8.08. The maximum atomic E-state index is 12.7. The summed E-state index contributed by atoms with van der Waals surface area (Å²) in [6, 6.07) is -2.04. The van der Waals surface area contributed by atoms with Crippen molar-refractivity contribution in [2.24, 2.45) is 5.29 Å². The van der Waals surface area contributed by atoms with E-state index in [4.69, 9.17) is 25.8 Å². The lowest BCUT2D eigenvalue weighted by Gasteiger charge is -2.46. The number of ether oxygens (including phenoxy) is 3. The van der Waals surface area contributed by atoms with Crippen LogP contribution in [0, 0.1) is 4.91 Å². The fourth-order valence-electron chi connectivity index (χ4n) is 2.78. The smallest absolute Gasteiger partial charge is 0.343 e. The zero-order chi connectivity index (χ0) is 19.7. The molecule has 11 nitrogen and oxygen atoms in total. The molecule has 1 aliphatic rings. The van der Waals surface area contributed by atoms with E-state index in [1.165, 1.54) is 14.2 Å². The number of nitrogens with zero attached hydrogens (tertiary/aromatic N) is 3. The highest BCUT2D eigenvalue weighted by atomic mass is 35.5. The Labute approximate surface area is 156 Å². The molecule has 0 unspecified atom stereocenters. The summed E-state index contributed by atoms with van der Waals surface area (Å²) in [4.78, 5) is 24.8. The highest BCUT2D eigenvalue weighted by Gasteiger charge is 2.49. The summed E-state index contributed by atoms with van der Waals surface area (Å²) >= 11 is 5.58. The van der Waals surface area contributed by atoms with Gasteiger partial charge in [0, 0.05) is 33.3 Å². The van der Waals surface area contributed by atoms with Crippen molar-refractivity contribution in [1.29, 1.82) is 0 Å². The van der Waals surface area contributed by atoms with E-state index in [0.717, 1.165) is 4.90 Å². The van der Waals surface area contributed by atoms with Crippen molar-refractivity contribution in [2.45, 2.75) is 37.1 Å². The van der Waals surface area contributed by atoms with E-state index in [1.807, 2.05) is 0 Å². The van der Waals surface area contributed by atoms with Crippen LogP contribution in [0.15, 0.2) is 5.29 Å². The largest absolute Gasteiger partial charge is 0.394 e. The highest BCUT2D eigenvalue weighted by Crippen LogP contribution is 2.27. The van der Waals surface area contributed by atoms with Gasteiger partial charge < -0.3 is 34.4 Å². The first-order chi connectivity index (χ1) is 12.5. The minimum Gasteiger partial charge on any atom is -0.394 e. The summed E-state index contributed by atoms with van der Waals surface area (Å²) in [6.07, 6.45) is -4.74. The molecule has 1 aliphatic heterocycles. The second kappa shape index (κ2) is 11.6. The Hall–Kier alpha value is -1.08. The van der Waals surface area contributed by atoms with E-state index in [-0.39, 0.29) is 19.0 Å². The van der Waals surface area contributed by atoms with Crippen LogP contribution in [0.5, 0.6) is 0 Å². The van der Waals surface area contributed by atoms with Crippen LogP contribution in [0.1, 0.15) is 6.42 Å². The Kier molecular flexibility index (Phi) is 10.2. The van der Waals surface area contributed by atoms with E-state index in [1.54, 1.807) is 0 Å². The number of halogens is 1. The Morgan fingerprint density at radius 3 is 2.46 bits per heavy atom. The number of aliphatic hydroxyl groups excluding tert-OH is 3. The third-order valence-electron chi connectivity index (χ3n) is 4.05. The standard InChI is InChI=1S/C14H26ClN3O8/c1-24-7-3-5-17(14(22)18(16-23)6-4-15)10-11(20)9(8-19)26-13(25-2)12(10)21/h9-13,19-21H,3-8H2,1-2H3/t9-,10-,11-,12-,13+/m1/s1. The van der Waals surface area contributed by atoms with Gasteiger partial charge in [0.25, 0.3) is 0 Å². The van der Waals surface area contributed by atoms with Gasteiger partial charge in [0.05, 0.1) is 24.5 Å². The number of aliphatic hydroxyl groups is 3. The molecule has 0 saturated carbocycles. The third-order valence-corrected chi connectivity index (χ3v) is 4.22. The monoisotopic (exact) mass is 399 g/mol. The average Bonchev–Trinajstić information content (AvgIpc) is 2.64. The summed E-state index contributed by atoms with van der Waals surface area (Å²) in [6.45, 7) is -0.340. The lowest BCUT2D eigenvalue weighted by molar-refractivity contribution is -0.281. The number of rotatable bonds is 10. The first kappa shape index (κ1) is 23.0. The molecule has 1 rings (SSSR count). The van der Waals surface area contributed by atoms with E-state index in [2.05, 4.69) is 5.29 Å². The van der Waals surface area contributed by atoms with Gasteiger partial charge in [-0.05, 0) is 6.42 Å². The Balaban J connectivity index is 3.14. The van der Waals surface area contributed by atoms with Crippen molar-refractivity contribution in [2.75, 3.05) is 46.4 Å². The van der Waals surface area contributed by atoms with Crippen molar-refractivity contribution < 1.29 is 34.3 Å². The predicted octanol–water partition coefficient (Wildman–Crippen LogP) is -0.879. The number of methoxy groups -OCH3 is 2. The van der Waals surface area contributed by atoms with Crippen LogP contribution in [0.2, 0.25) is 0 Å². The van der Waals surface area contributed by atoms with Gasteiger partial charge in [-0.3, -0.25) is 0 Å². The molecule has 2 amide bonds. The summed E-state index contributed by atoms with van der Waals surface area (Å²) in [5.74, 6) is -0.0256. The average molecular weight is 400 g/mol. The van der Waals surface area contributed by atoms with Crippen LogP contribution in [-0.4, -0.2) is 108 Å². The van der Waals surface area contributed by atoms with Crippen molar-refractivity contribution in [3.05, 3.63) is 4.91 Å². The molecule has 152 valence electrons. The molecule has 0 aromatic carbocycles. The molecular formula is C14H26ClN3O8. The van der Waals surface area contributed by atoms with Gasteiger partial charge in [-0.1, -0.05) is 0 Å². The van der Waals surface area contributed by atoms with Crippen LogP contribution < -0.4 is 0 Å². The normalized spacial score (nSPS) is 28.6. The molecule has 12 heteroatoms. The van der Waals surface area contributed by atoms with Gasteiger partial charge in [0.15, 0.2) is 6.29 Å². The number of amides is 2. The van der Waals surface area contributed by atoms with Crippen LogP contribution in [-0.2, 0) is 14.2 Å². The van der Waals surface area contributed by atoms with Gasteiger partial charge in [-0.25, -0.2) is 4.79 Å². The van der Waals surface area contributed by atoms with Gasteiger partial charge in [-0.15, -0.1) is 16.5 Å². The van der Waals surface area contributed by atoms with Crippen LogP contribution in [0.25, 0.3) is 0 Å². The fraction of sp³-hybridized carbons (Fsp3) is 0.929. The van der Waals surface area contributed by atoms with Crippen molar-refractivity contribution >= 4 is 17.6 Å². The van der Waals surface area contributed by atoms with Gasteiger partial charge in [0.1, 0.15) is 18.3 Å². The molecule has 1 heterocycles. The Morgan fingerprint density at radius 2 is 1.96 bits per heavy atom. The van der Waals surface area contributed by atoms with Gasteiger partial charge >= 0.3 is 6.03 Å². The SMILES string of the molecule is COCCCN(C(=O)N(CCCl)N=O)[C@H]1[C@@H](O)[C@@H](OC)O[C@H](CO)[C@H]1O. The molecule has 26 heavy (non-hydrogen) atoms. The number of nitroso groups, excluding NO2 is 1. The van der Waals surface area contributed by atoms with Gasteiger partial charge in [0.2, 0.25) is 0 Å². The van der Waals surface area contributed by atoms with E-state index < -0.39 is 43.3 Å². The lowest BCUT2D eigenvalue weighted by atomic mass is 9.94. The second-order valence-corrected chi connectivity index (χ2v) is 6.03. The number of carbonyl (C=O) groups is 1. The molecule has 0 radical (unpaired) electrons.